The number of para-hydroxylation sites is 1. The molecule has 1 amide bonds. The van der Waals surface area contributed by atoms with E-state index < -0.39 is 22.0 Å². The van der Waals surface area contributed by atoms with E-state index in [2.05, 4.69) is 20.2 Å². The van der Waals surface area contributed by atoms with E-state index in [-0.39, 0.29) is 10.7 Å². The predicted molar refractivity (Wildman–Crippen MR) is 167 cm³/mol. The molecule has 2 N–H and O–H groups in total. The van der Waals surface area contributed by atoms with Crippen LogP contribution in [-0.4, -0.2) is 30.6 Å². The topological polar surface area (TPSA) is 110 Å². The lowest BCUT2D eigenvalue weighted by atomic mass is 10.0. The molecule has 0 saturated carbocycles. The van der Waals surface area contributed by atoms with Crippen LogP contribution in [-0.2, 0) is 21.2 Å². The van der Waals surface area contributed by atoms with Crippen LogP contribution in [0.3, 0.4) is 0 Å². The zero-order chi connectivity index (χ0) is 30.0. The molecule has 0 radical (unpaired) electrons. The first-order valence-electron chi connectivity index (χ1n) is 13.6. The maximum absolute atomic E-state index is 13.2. The van der Waals surface area contributed by atoms with Crippen LogP contribution in [0.5, 0.6) is 11.5 Å². The fourth-order valence-corrected chi connectivity index (χ4v) is 6.80. The van der Waals surface area contributed by atoms with Crippen molar-refractivity contribution in [3.05, 3.63) is 120 Å². The zero-order valence-corrected chi connectivity index (χ0v) is 25.1. The average Bonchev–Trinajstić information content (AvgIpc) is 3.01. The molecule has 0 bridgehead atoms. The van der Waals surface area contributed by atoms with Crippen molar-refractivity contribution in [2.24, 2.45) is 0 Å². The van der Waals surface area contributed by atoms with Gasteiger partial charge in [-0.1, -0.05) is 71.9 Å². The van der Waals surface area contributed by atoms with Crippen LogP contribution >= 0.6 is 11.8 Å². The van der Waals surface area contributed by atoms with E-state index in [1.54, 1.807) is 23.9 Å². The van der Waals surface area contributed by atoms with E-state index in [1.807, 2.05) is 85.8 Å². The molecule has 0 fully saturated rings. The number of amides is 1. The molecule has 1 aliphatic rings. The van der Waals surface area contributed by atoms with Gasteiger partial charge in [0, 0.05) is 17.5 Å². The molecule has 4 aromatic carbocycles. The largest absolute Gasteiger partial charge is 0.455 e. The van der Waals surface area contributed by atoms with E-state index >= 15 is 0 Å². The van der Waals surface area contributed by atoms with E-state index in [9.17, 15) is 13.2 Å². The number of ether oxygens (including phenoxy) is 1. The van der Waals surface area contributed by atoms with Gasteiger partial charge in [0.05, 0.1) is 26.4 Å². The van der Waals surface area contributed by atoms with Crippen LogP contribution in [0.2, 0.25) is 0 Å². The number of hydrogen-bond donors (Lipinski definition) is 2. The van der Waals surface area contributed by atoms with Crippen LogP contribution in [0.25, 0.3) is 11.3 Å². The number of aryl methyl sites for hydroxylation is 1. The van der Waals surface area contributed by atoms with Gasteiger partial charge in [0.1, 0.15) is 11.5 Å². The van der Waals surface area contributed by atoms with Crippen molar-refractivity contribution < 1.29 is 17.9 Å². The maximum Gasteiger partial charge on any atom is 0.243 e. The van der Waals surface area contributed by atoms with Crippen LogP contribution in [0.4, 0.5) is 5.82 Å². The highest BCUT2D eigenvalue weighted by Gasteiger charge is 2.24. The molecule has 0 spiro atoms. The molecule has 2 heterocycles. The molecule has 6 rings (SSSR count). The second-order valence-electron chi connectivity index (χ2n) is 10.2. The minimum Gasteiger partial charge on any atom is -0.455 e. The first-order valence-corrected chi connectivity index (χ1v) is 15.9. The van der Waals surface area contributed by atoms with Crippen molar-refractivity contribution in [2.45, 2.75) is 41.0 Å². The number of rotatable bonds is 8. The number of aromatic nitrogens is 2. The molecule has 1 aromatic heterocycles. The lowest BCUT2D eigenvalue weighted by Crippen LogP contribution is -2.41. The third-order valence-electron chi connectivity index (χ3n) is 6.94. The van der Waals surface area contributed by atoms with Gasteiger partial charge in [0.15, 0.2) is 5.82 Å². The number of fused-ring (bicyclic) bond motifs is 2. The van der Waals surface area contributed by atoms with Crippen molar-refractivity contribution in [3.63, 3.8) is 0 Å². The summed E-state index contributed by atoms with van der Waals surface area (Å²) < 4.78 is 34.2. The van der Waals surface area contributed by atoms with Gasteiger partial charge in [0.25, 0.3) is 0 Å². The molecule has 1 unspecified atom stereocenters. The molecule has 1 aliphatic heterocycles. The SMILES string of the molecule is Cc1ccc(S(=O)(=O)NC(C)C(=O)Nc2nnc(-c3ccc4c(c3)Sc3ccccc3O4)cc2Cc2ccccc2)cc1. The Bertz CT molecular complexity index is 1910. The third kappa shape index (κ3) is 6.46. The minimum atomic E-state index is -3.90. The zero-order valence-electron chi connectivity index (χ0n) is 23.4. The summed E-state index contributed by atoms with van der Waals surface area (Å²) in [7, 11) is -3.90. The molecular weight excluding hydrogens is 581 g/mol. The summed E-state index contributed by atoms with van der Waals surface area (Å²) in [6.45, 7) is 3.36. The van der Waals surface area contributed by atoms with Crippen molar-refractivity contribution >= 4 is 33.5 Å². The molecule has 10 heteroatoms. The predicted octanol–water partition coefficient (Wildman–Crippen LogP) is 6.61. The smallest absolute Gasteiger partial charge is 0.243 e. The third-order valence-corrected chi connectivity index (χ3v) is 9.59. The number of sulfonamides is 1. The number of carbonyl (C=O) groups is 1. The molecular formula is C33H28N4O4S2. The van der Waals surface area contributed by atoms with E-state index in [1.165, 1.54) is 19.1 Å². The summed E-state index contributed by atoms with van der Waals surface area (Å²) in [4.78, 5) is 15.3. The first kappa shape index (κ1) is 28.6. The van der Waals surface area contributed by atoms with Crippen molar-refractivity contribution in [2.75, 3.05) is 5.32 Å². The highest BCUT2D eigenvalue weighted by molar-refractivity contribution is 7.99. The Morgan fingerprint density at radius 3 is 2.37 bits per heavy atom. The van der Waals surface area contributed by atoms with Gasteiger partial charge in [-0.2, -0.15) is 4.72 Å². The van der Waals surface area contributed by atoms with Crippen LogP contribution in [0.1, 0.15) is 23.6 Å². The van der Waals surface area contributed by atoms with E-state index in [0.717, 1.165) is 43.5 Å². The van der Waals surface area contributed by atoms with Crippen molar-refractivity contribution in [1.29, 1.82) is 0 Å². The van der Waals surface area contributed by atoms with Gasteiger partial charge < -0.3 is 10.1 Å². The van der Waals surface area contributed by atoms with Gasteiger partial charge in [0.2, 0.25) is 15.9 Å². The molecule has 8 nitrogen and oxygen atoms in total. The number of anilines is 1. The molecule has 216 valence electrons. The Morgan fingerprint density at radius 1 is 0.860 bits per heavy atom. The summed E-state index contributed by atoms with van der Waals surface area (Å²) in [5, 5.41) is 11.6. The van der Waals surface area contributed by atoms with Gasteiger partial charge in [-0.25, -0.2) is 8.42 Å². The Labute approximate surface area is 254 Å². The lowest BCUT2D eigenvalue weighted by molar-refractivity contribution is -0.117. The Morgan fingerprint density at radius 2 is 1.58 bits per heavy atom. The molecule has 5 aromatic rings. The normalized spacial score (nSPS) is 12.9. The summed E-state index contributed by atoms with van der Waals surface area (Å²) in [5.74, 6) is 1.32. The Kier molecular flexibility index (Phi) is 7.98. The quantitative estimate of drug-likeness (QED) is 0.200. The lowest BCUT2D eigenvalue weighted by Gasteiger charge is -2.20. The second-order valence-corrected chi connectivity index (χ2v) is 13.0. The number of nitrogens with zero attached hydrogens (tertiary/aromatic N) is 2. The van der Waals surface area contributed by atoms with E-state index in [4.69, 9.17) is 4.74 Å². The minimum absolute atomic E-state index is 0.0868. The number of hydrogen-bond acceptors (Lipinski definition) is 7. The number of benzene rings is 4. The average molecular weight is 609 g/mol. The summed E-state index contributed by atoms with van der Waals surface area (Å²) >= 11 is 1.63. The maximum atomic E-state index is 13.2. The Balaban J connectivity index is 1.26. The summed E-state index contributed by atoms with van der Waals surface area (Å²) in [5.41, 5.74) is 4.19. The van der Waals surface area contributed by atoms with E-state index in [0.29, 0.717) is 12.1 Å². The first-order chi connectivity index (χ1) is 20.7. The fourth-order valence-electron chi connectivity index (χ4n) is 4.61. The van der Waals surface area contributed by atoms with Crippen LogP contribution in [0, 0.1) is 6.92 Å². The highest BCUT2D eigenvalue weighted by atomic mass is 32.2. The van der Waals surface area contributed by atoms with Crippen LogP contribution < -0.4 is 14.8 Å². The Hall–Kier alpha value is -4.51. The molecule has 1 atom stereocenters. The molecule has 43 heavy (non-hydrogen) atoms. The molecule has 0 aliphatic carbocycles. The second kappa shape index (κ2) is 12.0. The monoisotopic (exact) mass is 608 g/mol. The van der Waals surface area contributed by atoms with Crippen LogP contribution in [0.15, 0.2) is 118 Å². The van der Waals surface area contributed by atoms with Crippen molar-refractivity contribution in [1.82, 2.24) is 14.9 Å². The molecule has 0 saturated heterocycles. The summed E-state index contributed by atoms with van der Waals surface area (Å²) in [6.07, 6.45) is 0.485. The highest BCUT2D eigenvalue weighted by Crippen LogP contribution is 2.47. The van der Waals surface area contributed by atoms with Gasteiger partial charge in [-0.05, 0) is 67.9 Å². The van der Waals surface area contributed by atoms with Gasteiger partial charge in [-0.3, -0.25) is 4.79 Å². The number of carbonyl (C=O) groups excluding carboxylic acids is 1. The van der Waals surface area contributed by atoms with Gasteiger partial charge in [-0.15, -0.1) is 10.2 Å². The fraction of sp³-hybridized carbons (Fsp3) is 0.121. The van der Waals surface area contributed by atoms with Gasteiger partial charge >= 0.3 is 0 Å². The van der Waals surface area contributed by atoms with Crippen molar-refractivity contribution in [3.8, 4) is 22.8 Å². The number of nitrogens with one attached hydrogen (secondary N) is 2. The standard InChI is InChI=1S/C33H28N4O4S2/c1-21-12-15-26(16-13-21)43(39,40)37-22(2)33(38)34-32-25(18-23-8-4-3-5-9-23)19-27(35-36-32)24-14-17-29-31(20-24)42-30-11-7-6-10-28(30)41-29/h3-17,19-20,22,37H,18H2,1-2H3,(H,34,36,38). The summed E-state index contributed by atoms with van der Waals surface area (Å²) in [6, 6.07) is 30.9.